The Kier molecular flexibility index (Phi) is 5.67. The van der Waals surface area contributed by atoms with Crippen LogP contribution in [0.3, 0.4) is 0 Å². The quantitative estimate of drug-likeness (QED) is 0.387. The van der Waals surface area contributed by atoms with Crippen LogP contribution >= 0.6 is 35.0 Å². The van der Waals surface area contributed by atoms with Gasteiger partial charge in [-0.2, -0.15) is 17.9 Å². The molecule has 0 aliphatic carbocycles. The molecule has 0 amide bonds. The van der Waals surface area contributed by atoms with Crippen LogP contribution in [0.5, 0.6) is 0 Å². The van der Waals surface area contributed by atoms with Crippen molar-refractivity contribution in [3.8, 4) is 11.4 Å². The molecule has 13 heteroatoms. The molecule has 0 bridgehead atoms. The van der Waals surface area contributed by atoms with E-state index in [0.29, 0.717) is 10.2 Å². The molecule has 154 valence electrons. The highest BCUT2D eigenvalue weighted by Gasteiger charge is 2.35. The second kappa shape index (κ2) is 8.25. The fourth-order valence-corrected chi connectivity index (χ4v) is 3.85. The van der Waals surface area contributed by atoms with Crippen LogP contribution < -0.4 is 0 Å². The maximum absolute atomic E-state index is 13.5. The van der Waals surface area contributed by atoms with Crippen molar-refractivity contribution < 1.29 is 13.2 Å². The third kappa shape index (κ3) is 4.27. The largest absolute Gasteiger partial charge is 0.418 e. The topological polar surface area (TPSA) is 74.3 Å². The van der Waals surface area contributed by atoms with Gasteiger partial charge in [0.1, 0.15) is 6.33 Å². The van der Waals surface area contributed by atoms with Crippen molar-refractivity contribution in [1.82, 2.24) is 35.0 Å². The Labute approximate surface area is 181 Å². The van der Waals surface area contributed by atoms with Crippen molar-refractivity contribution in [1.29, 1.82) is 0 Å². The standard InChI is InChI=1S/C17H10Cl2F3N7S/c18-10-2-1-3-12(6-10)28-9-23-25-16(28)30-8-15-24-26-27-29(15)14-5-4-11(19)7-13(14)17(20,21)22/h1-7,9H,8H2. The van der Waals surface area contributed by atoms with E-state index < -0.39 is 11.7 Å². The average Bonchev–Trinajstić information content (AvgIpc) is 3.35. The summed E-state index contributed by atoms with van der Waals surface area (Å²) in [7, 11) is 0. The van der Waals surface area contributed by atoms with Gasteiger partial charge in [0.2, 0.25) is 0 Å². The van der Waals surface area contributed by atoms with Gasteiger partial charge in [0, 0.05) is 10.0 Å². The number of hydrogen-bond donors (Lipinski definition) is 0. The molecule has 0 saturated carbocycles. The Morgan fingerprint density at radius 2 is 1.80 bits per heavy atom. The average molecular weight is 472 g/mol. The Hall–Kier alpha value is -2.63. The number of hydrogen-bond acceptors (Lipinski definition) is 6. The first-order chi connectivity index (χ1) is 14.3. The lowest BCUT2D eigenvalue weighted by Gasteiger charge is -2.13. The third-order valence-corrected chi connectivity index (χ3v) is 5.37. The summed E-state index contributed by atoms with van der Waals surface area (Å²) in [6.45, 7) is 0. The molecule has 0 atom stereocenters. The van der Waals surface area contributed by atoms with Crippen molar-refractivity contribution in [3.63, 3.8) is 0 Å². The lowest BCUT2D eigenvalue weighted by Crippen LogP contribution is -2.13. The van der Waals surface area contributed by atoms with Gasteiger partial charge in [-0.05, 0) is 46.8 Å². The molecule has 0 fully saturated rings. The van der Waals surface area contributed by atoms with Crippen LogP contribution in [-0.4, -0.2) is 35.0 Å². The lowest BCUT2D eigenvalue weighted by atomic mass is 10.1. The van der Waals surface area contributed by atoms with Gasteiger partial charge in [0.15, 0.2) is 11.0 Å². The minimum Gasteiger partial charge on any atom is -0.277 e. The highest BCUT2D eigenvalue weighted by molar-refractivity contribution is 7.98. The number of benzene rings is 2. The summed E-state index contributed by atoms with van der Waals surface area (Å²) in [4.78, 5) is 0. The molecule has 30 heavy (non-hydrogen) atoms. The van der Waals surface area contributed by atoms with E-state index in [-0.39, 0.29) is 22.3 Å². The van der Waals surface area contributed by atoms with Crippen LogP contribution in [0.2, 0.25) is 10.0 Å². The van der Waals surface area contributed by atoms with E-state index >= 15 is 0 Å². The van der Waals surface area contributed by atoms with Gasteiger partial charge in [-0.25, -0.2) is 0 Å². The second-order valence-corrected chi connectivity index (χ2v) is 7.73. The molecule has 4 rings (SSSR count). The van der Waals surface area contributed by atoms with Crippen LogP contribution in [0, 0.1) is 0 Å². The maximum atomic E-state index is 13.5. The molecule has 2 heterocycles. The highest BCUT2D eigenvalue weighted by atomic mass is 35.5. The molecular weight excluding hydrogens is 462 g/mol. The summed E-state index contributed by atoms with van der Waals surface area (Å²) in [5.41, 5.74) is -0.411. The molecule has 0 aliphatic rings. The number of aromatic nitrogens is 7. The number of halogens is 5. The minimum atomic E-state index is -4.62. The molecule has 2 aromatic heterocycles. The summed E-state index contributed by atoms with van der Waals surface area (Å²) < 4.78 is 43.1. The van der Waals surface area contributed by atoms with Gasteiger partial charge < -0.3 is 0 Å². The van der Waals surface area contributed by atoms with E-state index in [4.69, 9.17) is 23.2 Å². The molecular formula is C17H10Cl2F3N7S. The second-order valence-electron chi connectivity index (χ2n) is 5.92. The molecule has 0 radical (unpaired) electrons. The normalized spacial score (nSPS) is 11.8. The van der Waals surface area contributed by atoms with Crippen LogP contribution in [0.1, 0.15) is 11.4 Å². The summed E-state index contributed by atoms with van der Waals surface area (Å²) in [5.74, 6) is 0.347. The molecule has 0 aliphatic heterocycles. The summed E-state index contributed by atoms with van der Waals surface area (Å²) >= 11 is 13.0. The predicted octanol–water partition coefficient (Wildman–Crippen LogP) is 4.86. The van der Waals surface area contributed by atoms with Crippen molar-refractivity contribution in [3.05, 3.63) is 70.2 Å². The highest BCUT2D eigenvalue weighted by Crippen LogP contribution is 2.36. The Morgan fingerprint density at radius 1 is 1.00 bits per heavy atom. The minimum absolute atomic E-state index is 0.0373. The molecule has 2 aromatic carbocycles. The van der Waals surface area contributed by atoms with Gasteiger partial charge in [0.05, 0.1) is 22.7 Å². The first kappa shape index (κ1) is 20.6. The van der Waals surface area contributed by atoms with Crippen molar-refractivity contribution >= 4 is 35.0 Å². The van der Waals surface area contributed by atoms with Gasteiger partial charge in [-0.1, -0.05) is 41.0 Å². The molecule has 7 nitrogen and oxygen atoms in total. The molecule has 0 spiro atoms. The fraction of sp³-hybridized carbons (Fsp3) is 0.118. The Bertz CT molecular complexity index is 1190. The van der Waals surface area contributed by atoms with E-state index in [1.54, 1.807) is 22.8 Å². The number of alkyl halides is 3. The number of nitrogens with zero attached hydrogens (tertiary/aromatic N) is 7. The van der Waals surface area contributed by atoms with E-state index in [1.165, 1.54) is 30.2 Å². The lowest BCUT2D eigenvalue weighted by molar-refractivity contribution is -0.137. The molecule has 4 aromatic rings. The van der Waals surface area contributed by atoms with Crippen LogP contribution in [0.25, 0.3) is 11.4 Å². The zero-order valence-corrected chi connectivity index (χ0v) is 17.1. The van der Waals surface area contributed by atoms with E-state index in [2.05, 4.69) is 25.7 Å². The molecule has 0 N–H and O–H groups in total. The summed E-state index contributed by atoms with van der Waals surface area (Å²) in [5, 5.41) is 20.1. The fourth-order valence-electron chi connectivity index (χ4n) is 2.66. The van der Waals surface area contributed by atoms with Crippen molar-refractivity contribution in [2.75, 3.05) is 0 Å². The number of tetrazole rings is 1. The zero-order valence-electron chi connectivity index (χ0n) is 14.8. The smallest absolute Gasteiger partial charge is 0.277 e. The SMILES string of the molecule is FC(F)(F)c1cc(Cl)ccc1-n1nnnc1CSc1nncn1-c1cccc(Cl)c1. The first-order valence-electron chi connectivity index (χ1n) is 8.26. The van der Waals surface area contributed by atoms with Gasteiger partial charge in [0.25, 0.3) is 0 Å². The van der Waals surface area contributed by atoms with Crippen LogP contribution in [0.4, 0.5) is 13.2 Å². The zero-order chi connectivity index (χ0) is 21.3. The van der Waals surface area contributed by atoms with Crippen LogP contribution in [0.15, 0.2) is 53.9 Å². The number of rotatable bonds is 5. The Balaban J connectivity index is 1.63. The van der Waals surface area contributed by atoms with Crippen LogP contribution in [-0.2, 0) is 11.9 Å². The van der Waals surface area contributed by atoms with Gasteiger partial charge >= 0.3 is 6.18 Å². The number of thioether (sulfide) groups is 1. The monoisotopic (exact) mass is 471 g/mol. The summed E-state index contributed by atoms with van der Waals surface area (Å²) in [6, 6.07) is 10.5. The van der Waals surface area contributed by atoms with Crippen molar-refractivity contribution in [2.45, 2.75) is 17.1 Å². The maximum Gasteiger partial charge on any atom is 0.418 e. The predicted molar refractivity (Wildman–Crippen MR) is 105 cm³/mol. The van der Waals surface area contributed by atoms with E-state index in [1.807, 2.05) is 6.07 Å². The summed E-state index contributed by atoms with van der Waals surface area (Å²) in [6.07, 6.45) is -3.11. The van der Waals surface area contributed by atoms with Gasteiger partial charge in [-0.3, -0.25) is 4.57 Å². The van der Waals surface area contributed by atoms with Crippen molar-refractivity contribution in [2.24, 2.45) is 0 Å². The first-order valence-corrected chi connectivity index (χ1v) is 10.0. The third-order valence-electron chi connectivity index (χ3n) is 3.96. The molecule has 0 saturated heterocycles. The van der Waals surface area contributed by atoms with E-state index in [9.17, 15) is 13.2 Å². The van der Waals surface area contributed by atoms with Gasteiger partial charge in [-0.15, -0.1) is 15.3 Å². The van der Waals surface area contributed by atoms with E-state index in [0.717, 1.165) is 16.4 Å². The Morgan fingerprint density at radius 3 is 2.57 bits per heavy atom. The molecule has 0 unspecified atom stereocenters.